The Morgan fingerprint density at radius 3 is 2.12 bits per heavy atom. The molecule has 0 radical (unpaired) electrons. The van der Waals surface area contributed by atoms with Gasteiger partial charge in [-0.1, -0.05) is 35.3 Å². The first-order chi connectivity index (χ1) is 19.5. The van der Waals surface area contributed by atoms with Crippen molar-refractivity contribution in [1.82, 2.24) is 14.8 Å². The van der Waals surface area contributed by atoms with Crippen molar-refractivity contribution in [3.63, 3.8) is 0 Å². The summed E-state index contributed by atoms with van der Waals surface area (Å²) in [5.74, 6) is -5.53. The van der Waals surface area contributed by atoms with Crippen LogP contribution in [0.15, 0.2) is 12.1 Å². The van der Waals surface area contributed by atoms with E-state index in [2.05, 4.69) is 4.98 Å². The van der Waals surface area contributed by atoms with E-state index < -0.39 is 96.3 Å². The van der Waals surface area contributed by atoms with Gasteiger partial charge in [0, 0.05) is 57.9 Å². The maximum atomic E-state index is 14.1. The van der Waals surface area contributed by atoms with Crippen molar-refractivity contribution in [2.45, 2.75) is 43.3 Å². The van der Waals surface area contributed by atoms with Crippen LogP contribution in [0.25, 0.3) is 10.4 Å². The number of aliphatic hydroxyl groups is 1. The average molecular weight is 703 g/mol. The molecule has 8 nitrogen and oxygen atoms in total. The molecular weight excluding hydrogens is 683 g/mol. The van der Waals surface area contributed by atoms with Crippen LogP contribution in [0, 0.1) is 4.78 Å². The number of thiazole rings is 1. The fourth-order valence-electron chi connectivity index (χ4n) is 4.70. The molecule has 2 N–H and O–H groups in total. The highest BCUT2D eigenvalue weighted by Crippen LogP contribution is 2.54. The molecule has 0 aliphatic carbocycles. The third-order valence-electron chi connectivity index (χ3n) is 7.01. The number of hydrogen-bond donors (Lipinski definition) is 2. The van der Waals surface area contributed by atoms with Gasteiger partial charge in [0.2, 0.25) is 0 Å². The van der Waals surface area contributed by atoms with Gasteiger partial charge in [0.1, 0.15) is 5.69 Å². The molecule has 3 heterocycles. The fourth-order valence-corrected chi connectivity index (χ4v) is 7.60. The van der Waals surface area contributed by atoms with Crippen molar-refractivity contribution >= 4 is 56.1 Å². The van der Waals surface area contributed by atoms with Crippen LogP contribution in [0.1, 0.15) is 39.2 Å². The highest BCUT2D eigenvalue weighted by atomic mass is 35.5. The van der Waals surface area contributed by atoms with Crippen molar-refractivity contribution in [1.29, 1.82) is 4.78 Å². The number of amides is 2. The normalized spacial score (nSPS) is 20.9. The monoisotopic (exact) mass is 702 g/mol. The molecule has 238 valence electrons. The first kappa shape index (κ1) is 33.6. The second-order valence-electron chi connectivity index (χ2n) is 10.0. The van der Waals surface area contributed by atoms with E-state index in [-0.39, 0.29) is 35.5 Å². The van der Waals surface area contributed by atoms with E-state index in [1.807, 2.05) is 0 Å². The minimum atomic E-state index is -6.29. The van der Waals surface area contributed by atoms with Gasteiger partial charge >= 0.3 is 12.4 Å². The summed E-state index contributed by atoms with van der Waals surface area (Å²) in [5, 5.41) is 7.05. The molecule has 0 spiro atoms. The number of hydrogen-bond acceptors (Lipinski definition) is 7. The molecule has 2 saturated heterocycles. The molecule has 1 aromatic heterocycles. The number of likely N-dealkylation sites (tertiary alicyclic amines) is 1. The SMILES string of the molecule is C[C@H]1CC(F)(F)CN1C(=O)c1nc(C(=O)N2CCS(=N)(=O)CC2)sc1-c1ccc(C(O)(C(F)(F)F)C(F)(F)F)c(Cl)c1Cl. The van der Waals surface area contributed by atoms with Gasteiger partial charge in [-0.2, -0.15) is 26.3 Å². The summed E-state index contributed by atoms with van der Waals surface area (Å²) in [4.78, 5) is 32.2. The van der Waals surface area contributed by atoms with Crippen LogP contribution in [-0.4, -0.2) is 91.4 Å². The molecule has 2 aromatic rings. The van der Waals surface area contributed by atoms with Crippen LogP contribution in [0.5, 0.6) is 0 Å². The van der Waals surface area contributed by atoms with Crippen LogP contribution in [0.4, 0.5) is 35.1 Å². The van der Waals surface area contributed by atoms with Crippen molar-refractivity contribution in [3.8, 4) is 10.4 Å². The third kappa shape index (κ3) is 6.04. The number of nitrogens with one attached hydrogen (secondary N) is 1. The average Bonchev–Trinajstić information content (AvgIpc) is 3.43. The number of rotatable bonds is 4. The number of aromatic nitrogens is 1. The summed E-state index contributed by atoms with van der Waals surface area (Å²) in [6.45, 7) is 0.0403. The lowest BCUT2D eigenvalue weighted by Crippen LogP contribution is -2.54. The molecule has 2 aliphatic rings. The van der Waals surface area contributed by atoms with E-state index in [1.54, 1.807) is 0 Å². The molecule has 2 aliphatic heterocycles. The van der Waals surface area contributed by atoms with Gasteiger partial charge in [0.15, 0.2) is 5.01 Å². The second kappa shape index (κ2) is 11.0. The van der Waals surface area contributed by atoms with Gasteiger partial charge in [0.05, 0.1) is 21.5 Å². The molecule has 4 rings (SSSR count). The van der Waals surface area contributed by atoms with Crippen molar-refractivity contribution in [2.75, 3.05) is 31.1 Å². The fraction of sp³-hybridized carbons (Fsp3) is 0.522. The molecule has 1 atom stereocenters. The van der Waals surface area contributed by atoms with Crippen molar-refractivity contribution in [2.24, 2.45) is 0 Å². The van der Waals surface area contributed by atoms with Crippen LogP contribution in [-0.2, 0) is 15.3 Å². The lowest BCUT2D eigenvalue weighted by Gasteiger charge is -2.33. The highest BCUT2D eigenvalue weighted by Gasteiger charge is 2.72. The summed E-state index contributed by atoms with van der Waals surface area (Å²) < 4.78 is 129. The van der Waals surface area contributed by atoms with E-state index in [0.29, 0.717) is 17.4 Å². The molecule has 0 bridgehead atoms. The van der Waals surface area contributed by atoms with Crippen molar-refractivity contribution < 1.29 is 54.0 Å². The Morgan fingerprint density at radius 2 is 1.63 bits per heavy atom. The minimum absolute atomic E-state index is 0.122. The second-order valence-corrected chi connectivity index (χ2v) is 14.2. The molecule has 1 aromatic carbocycles. The first-order valence-corrected chi connectivity index (χ1v) is 15.6. The zero-order valence-electron chi connectivity index (χ0n) is 21.6. The van der Waals surface area contributed by atoms with Gasteiger partial charge in [-0.3, -0.25) is 14.4 Å². The topological polar surface area (TPSA) is 115 Å². The number of halogens is 10. The Kier molecular flexibility index (Phi) is 8.56. The smallest absolute Gasteiger partial charge is 0.369 e. The quantitative estimate of drug-likeness (QED) is 0.391. The minimum Gasteiger partial charge on any atom is -0.369 e. The molecule has 2 fully saturated rings. The van der Waals surface area contributed by atoms with Gasteiger partial charge in [-0.25, -0.2) is 18.0 Å². The van der Waals surface area contributed by atoms with Crippen molar-refractivity contribution in [3.05, 3.63) is 38.4 Å². The van der Waals surface area contributed by atoms with E-state index in [1.165, 1.54) is 11.8 Å². The van der Waals surface area contributed by atoms with Gasteiger partial charge in [-0.05, 0) is 6.92 Å². The summed E-state index contributed by atoms with van der Waals surface area (Å²) in [6.07, 6.45) is -13.3. The number of benzene rings is 1. The molecule has 0 saturated carbocycles. The lowest BCUT2D eigenvalue weighted by atomic mass is 9.91. The van der Waals surface area contributed by atoms with Crippen LogP contribution >= 0.6 is 34.5 Å². The van der Waals surface area contributed by atoms with Crippen LogP contribution in [0.3, 0.4) is 0 Å². The summed E-state index contributed by atoms with van der Waals surface area (Å²) in [5.41, 5.74) is -8.41. The van der Waals surface area contributed by atoms with Gasteiger partial charge in [0.25, 0.3) is 23.3 Å². The van der Waals surface area contributed by atoms with E-state index in [0.717, 1.165) is 4.90 Å². The molecule has 20 heteroatoms. The molecule has 2 amide bonds. The maximum absolute atomic E-state index is 14.1. The Labute approximate surface area is 252 Å². The number of carbonyl (C=O) groups is 2. The maximum Gasteiger partial charge on any atom is 0.430 e. The largest absolute Gasteiger partial charge is 0.430 e. The van der Waals surface area contributed by atoms with Crippen LogP contribution < -0.4 is 0 Å². The highest BCUT2D eigenvalue weighted by molar-refractivity contribution is 7.92. The summed E-state index contributed by atoms with van der Waals surface area (Å²) in [7, 11) is -2.92. The zero-order valence-corrected chi connectivity index (χ0v) is 24.7. The van der Waals surface area contributed by atoms with Crippen LogP contribution in [0.2, 0.25) is 10.0 Å². The molecule has 0 unspecified atom stereocenters. The number of carbonyl (C=O) groups excluding carboxylic acids is 2. The summed E-state index contributed by atoms with van der Waals surface area (Å²) >= 11 is 12.4. The first-order valence-electron chi connectivity index (χ1n) is 12.1. The zero-order chi connectivity index (χ0) is 32.5. The number of alkyl halides is 8. The Balaban J connectivity index is 1.86. The Bertz CT molecular complexity index is 1550. The van der Waals surface area contributed by atoms with E-state index in [4.69, 9.17) is 28.0 Å². The predicted molar refractivity (Wildman–Crippen MR) is 140 cm³/mol. The van der Waals surface area contributed by atoms with Gasteiger partial charge < -0.3 is 14.9 Å². The summed E-state index contributed by atoms with van der Waals surface area (Å²) in [6, 6.07) is -0.219. The predicted octanol–water partition coefficient (Wildman–Crippen LogP) is 5.80. The Morgan fingerprint density at radius 1 is 1.07 bits per heavy atom. The third-order valence-corrected chi connectivity index (χ3v) is 10.7. The standard InChI is InChI=1S/C23H20Cl2F8N4O4S2/c1-10-8-20(26,27)9-37(10)18(38)15-16(42-17(35-15)19(39)36-4-6-43(34,41)7-5-36)11-2-3-12(14(25)13(11)24)21(40,22(28,29)30)23(31,32)33/h2-3,10,34,40H,4-9H2,1H3/t10-/m0/s1. The Hall–Kier alpha value is -2.28. The van der Waals surface area contributed by atoms with E-state index in [9.17, 15) is 54.0 Å². The lowest BCUT2D eigenvalue weighted by molar-refractivity contribution is -0.376. The molecule has 43 heavy (non-hydrogen) atoms. The van der Waals surface area contributed by atoms with E-state index >= 15 is 0 Å². The molecular formula is C23H20Cl2F8N4O4S2. The van der Waals surface area contributed by atoms with Gasteiger partial charge in [-0.15, -0.1) is 11.3 Å². The number of nitrogens with zero attached hydrogens (tertiary/aromatic N) is 3.